The van der Waals surface area contributed by atoms with Gasteiger partial charge in [-0.15, -0.1) is 6.42 Å². The van der Waals surface area contributed by atoms with Crippen molar-refractivity contribution in [3.63, 3.8) is 0 Å². The van der Waals surface area contributed by atoms with Crippen molar-refractivity contribution in [3.05, 3.63) is 47.7 Å². The van der Waals surface area contributed by atoms with Crippen LogP contribution < -0.4 is 0 Å². The molecule has 2 bridgehead atoms. The van der Waals surface area contributed by atoms with Crippen LogP contribution in [0.1, 0.15) is 23.6 Å². The van der Waals surface area contributed by atoms with Crippen LogP contribution in [0.4, 0.5) is 0 Å². The predicted molar refractivity (Wildman–Crippen MR) is 81.4 cm³/mol. The Kier molecular flexibility index (Phi) is 1.93. The molecule has 1 fully saturated rings. The fourth-order valence-electron chi connectivity index (χ4n) is 5.10. The summed E-state index contributed by atoms with van der Waals surface area (Å²) in [6.45, 7) is 0.708. The maximum atomic E-state index is 5.63. The van der Waals surface area contributed by atoms with Gasteiger partial charge in [0.1, 0.15) is 0 Å². The van der Waals surface area contributed by atoms with E-state index in [-0.39, 0.29) is 0 Å². The number of rotatable bonds is 1. The fourth-order valence-corrected chi connectivity index (χ4v) is 5.10. The van der Waals surface area contributed by atoms with Gasteiger partial charge >= 0.3 is 0 Å². The molecule has 0 spiro atoms. The maximum absolute atomic E-state index is 5.63. The number of hydrogen-bond donors (Lipinski definition) is 0. The summed E-state index contributed by atoms with van der Waals surface area (Å²) in [6, 6.07) is 8.78. The third-order valence-electron chi connectivity index (χ3n) is 5.75. The average molecular weight is 259 g/mol. The second-order valence-electron chi connectivity index (χ2n) is 6.51. The van der Waals surface area contributed by atoms with Gasteiger partial charge in [0.25, 0.3) is 0 Å². The third kappa shape index (κ3) is 1.12. The molecule has 20 heavy (non-hydrogen) atoms. The lowest BCUT2D eigenvalue weighted by Gasteiger charge is -2.23. The van der Waals surface area contributed by atoms with Gasteiger partial charge in [0.05, 0.1) is 6.54 Å². The summed E-state index contributed by atoms with van der Waals surface area (Å²) in [7, 11) is 0. The highest BCUT2D eigenvalue weighted by molar-refractivity contribution is 5.87. The van der Waals surface area contributed by atoms with E-state index in [1.54, 1.807) is 11.3 Å². The van der Waals surface area contributed by atoms with Crippen LogP contribution in [-0.4, -0.2) is 4.57 Å². The van der Waals surface area contributed by atoms with Crippen molar-refractivity contribution < 1.29 is 0 Å². The molecule has 1 nitrogen and oxygen atoms in total. The average Bonchev–Trinajstić information content (AvgIpc) is 3.18. The van der Waals surface area contributed by atoms with Crippen molar-refractivity contribution in [2.24, 2.45) is 17.8 Å². The Hall–Kier alpha value is -1.94. The molecule has 1 aromatic heterocycles. The van der Waals surface area contributed by atoms with Gasteiger partial charge in [-0.25, -0.2) is 0 Å². The van der Waals surface area contributed by atoms with Crippen molar-refractivity contribution >= 4 is 10.9 Å². The molecule has 4 atom stereocenters. The van der Waals surface area contributed by atoms with Crippen molar-refractivity contribution in [1.82, 2.24) is 4.57 Å². The summed E-state index contributed by atoms with van der Waals surface area (Å²) in [5, 5.41) is 1.44. The Bertz CT molecular complexity index is 786. The quantitative estimate of drug-likeness (QED) is 0.543. The molecule has 1 heterocycles. The first-order valence-electron chi connectivity index (χ1n) is 7.60. The fraction of sp³-hybridized carbons (Fsp3) is 0.368. The zero-order chi connectivity index (χ0) is 13.3. The van der Waals surface area contributed by atoms with Crippen LogP contribution in [0.2, 0.25) is 0 Å². The smallest absolute Gasteiger partial charge is 0.0837 e. The molecule has 0 radical (unpaired) electrons. The molecule has 0 aliphatic heterocycles. The minimum Gasteiger partial charge on any atom is -0.332 e. The summed E-state index contributed by atoms with van der Waals surface area (Å²) >= 11 is 0. The van der Waals surface area contributed by atoms with E-state index in [1.165, 1.54) is 23.7 Å². The molecular weight excluding hydrogens is 242 g/mol. The maximum Gasteiger partial charge on any atom is 0.0837 e. The van der Waals surface area contributed by atoms with Crippen molar-refractivity contribution in [3.8, 4) is 12.3 Å². The molecule has 98 valence electrons. The lowest BCUT2D eigenvalue weighted by molar-refractivity contribution is 0.416. The van der Waals surface area contributed by atoms with Crippen LogP contribution in [0.3, 0.4) is 0 Å². The summed E-state index contributed by atoms with van der Waals surface area (Å²) in [4.78, 5) is 0. The number of nitrogens with zero attached hydrogens (tertiary/aromatic N) is 1. The topological polar surface area (TPSA) is 4.93 Å². The van der Waals surface area contributed by atoms with E-state index >= 15 is 0 Å². The third-order valence-corrected chi connectivity index (χ3v) is 5.75. The lowest BCUT2D eigenvalue weighted by atomic mass is 9.85. The SMILES string of the molecule is C#CCn1c2c(c3ccccc31)C[C@@H]1C3C=CC(C3)[C@H]21. The molecule has 3 aliphatic carbocycles. The summed E-state index contributed by atoms with van der Waals surface area (Å²) < 4.78 is 2.42. The van der Waals surface area contributed by atoms with Crippen molar-refractivity contribution in [1.29, 1.82) is 0 Å². The molecule has 0 saturated heterocycles. The van der Waals surface area contributed by atoms with E-state index in [0.717, 1.165) is 23.7 Å². The molecule has 3 aliphatic rings. The number of para-hydroxylation sites is 1. The van der Waals surface area contributed by atoms with E-state index in [9.17, 15) is 0 Å². The number of hydrogen-bond acceptors (Lipinski definition) is 0. The minimum absolute atomic E-state index is 0.708. The molecule has 2 unspecified atom stereocenters. The number of benzene rings is 1. The van der Waals surface area contributed by atoms with Crippen LogP contribution in [0.15, 0.2) is 36.4 Å². The van der Waals surface area contributed by atoms with E-state index in [0.29, 0.717) is 6.54 Å². The van der Waals surface area contributed by atoms with Gasteiger partial charge in [0, 0.05) is 22.5 Å². The second-order valence-corrected chi connectivity index (χ2v) is 6.51. The number of aromatic nitrogens is 1. The highest BCUT2D eigenvalue weighted by Gasteiger charge is 2.51. The molecular formula is C19H17N. The highest BCUT2D eigenvalue weighted by Crippen LogP contribution is 2.59. The van der Waals surface area contributed by atoms with E-state index in [2.05, 4.69) is 46.9 Å². The number of allylic oxidation sites excluding steroid dienone is 2. The number of terminal acetylenes is 1. The summed E-state index contributed by atoms with van der Waals surface area (Å²) in [6.07, 6.45) is 13.2. The molecule has 1 heteroatoms. The van der Waals surface area contributed by atoms with E-state index < -0.39 is 0 Å². The molecule has 0 N–H and O–H groups in total. The molecule has 5 rings (SSSR count). The van der Waals surface area contributed by atoms with Gasteiger partial charge in [-0.1, -0.05) is 36.3 Å². The zero-order valence-electron chi connectivity index (χ0n) is 11.4. The first-order valence-corrected chi connectivity index (χ1v) is 7.60. The lowest BCUT2D eigenvalue weighted by Crippen LogP contribution is -2.16. The van der Waals surface area contributed by atoms with Gasteiger partial charge in [-0.2, -0.15) is 0 Å². The van der Waals surface area contributed by atoms with Crippen LogP contribution in [0.5, 0.6) is 0 Å². The van der Waals surface area contributed by atoms with Crippen LogP contribution in [0.25, 0.3) is 10.9 Å². The molecule has 1 saturated carbocycles. The Balaban J connectivity index is 1.81. The van der Waals surface area contributed by atoms with Crippen molar-refractivity contribution in [2.45, 2.75) is 25.3 Å². The van der Waals surface area contributed by atoms with Gasteiger partial charge in [0.2, 0.25) is 0 Å². The summed E-state index contributed by atoms with van der Waals surface area (Å²) in [5.74, 6) is 5.99. The zero-order valence-corrected chi connectivity index (χ0v) is 11.4. The first-order chi connectivity index (χ1) is 9.88. The van der Waals surface area contributed by atoms with Gasteiger partial charge < -0.3 is 4.57 Å². The Labute approximate surface area is 119 Å². The van der Waals surface area contributed by atoms with E-state index in [4.69, 9.17) is 6.42 Å². The normalized spacial score (nSPS) is 32.5. The number of fused-ring (bicyclic) bond motifs is 9. The van der Waals surface area contributed by atoms with Crippen LogP contribution in [-0.2, 0) is 13.0 Å². The Morgan fingerprint density at radius 2 is 2.05 bits per heavy atom. The molecule has 0 amide bonds. The predicted octanol–water partition coefficient (Wildman–Crippen LogP) is 3.74. The van der Waals surface area contributed by atoms with Crippen LogP contribution >= 0.6 is 0 Å². The van der Waals surface area contributed by atoms with Crippen LogP contribution in [0, 0.1) is 30.1 Å². The van der Waals surface area contributed by atoms with E-state index in [1.807, 2.05) is 0 Å². The second kappa shape index (κ2) is 3.58. The monoisotopic (exact) mass is 259 g/mol. The van der Waals surface area contributed by atoms with Gasteiger partial charge in [-0.3, -0.25) is 0 Å². The standard InChI is InChI=1S/C19H17N/c1-2-9-20-17-6-4-3-5-14(17)16-11-15-12-7-8-13(10-12)18(15)19(16)20/h1,3-8,12-13,15,18H,9-11H2/t12?,13?,15-,18+/m1/s1. The largest absolute Gasteiger partial charge is 0.332 e. The van der Waals surface area contributed by atoms with Gasteiger partial charge in [-0.05, 0) is 42.2 Å². The molecule has 2 aromatic rings. The summed E-state index contributed by atoms with van der Waals surface area (Å²) in [5.41, 5.74) is 4.48. The minimum atomic E-state index is 0.708. The highest BCUT2D eigenvalue weighted by atomic mass is 15.0. The van der Waals surface area contributed by atoms with Gasteiger partial charge in [0.15, 0.2) is 0 Å². The first kappa shape index (κ1) is 10.8. The van der Waals surface area contributed by atoms with Crippen molar-refractivity contribution in [2.75, 3.05) is 0 Å². The Morgan fingerprint density at radius 3 is 2.95 bits per heavy atom. The Morgan fingerprint density at radius 1 is 1.20 bits per heavy atom. The molecule has 1 aromatic carbocycles.